The summed E-state index contributed by atoms with van der Waals surface area (Å²) in [5.41, 5.74) is 6.03. The van der Waals surface area contributed by atoms with Crippen LogP contribution in [0.4, 0.5) is 0 Å². The van der Waals surface area contributed by atoms with E-state index < -0.39 is 0 Å². The number of rotatable bonds is 1. The number of benzene rings is 3. The molecular weight excluding hydrogens is 328 g/mol. The molecule has 2 heterocycles. The fourth-order valence-corrected chi connectivity index (χ4v) is 4.72. The molecule has 2 nitrogen and oxygen atoms in total. The number of aromatic nitrogens is 2. The van der Waals surface area contributed by atoms with Gasteiger partial charge in [-0.15, -0.1) is 0 Å². The average molecular weight is 346 g/mol. The summed E-state index contributed by atoms with van der Waals surface area (Å²) in [5, 5.41) is 6.50. The van der Waals surface area contributed by atoms with Crippen LogP contribution in [0.5, 0.6) is 0 Å². The summed E-state index contributed by atoms with van der Waals surface area (Å²) in [5.74, 6) is 0. The summed E-state index contributed by atoms with van der Waals surface area (Å²) in [4.78, 5) is 9.85. The van der Waals surface area contributed by atoms with Gasteiger partial charge in [-0.3, -0.25) is 4.98 Å². The van der Waals surface area contributed by atoms with Crippen LogP contribution in [-0.2, 0) is 12.8 Å². The highest BCUT2D eigenvalue weighted by Gasteiger charge is 2.23. The number of pyridine rings is 2. The Morgan fingerprint density at radius 1 is 0.630 bits per heavy atom. The van der Waals surface area contributed by atoms with Gasteiger partial charge in [0.25, 0.3) is 0 Å². The molecule has 0 fully saturated rings. The fourth-order valence-electron chi connectivity index (χ4n) is 4.72. The van der Waals surface area contributed by atoms with E-state index in [4.69, 9.17) is 4.98 Å². The van der Waals surface area contributed by atoms with E-state index in [9.17, 15) is 0 Å². The Hall–Kier alpha value is -3.26. The normalized spacial score (nSPS) is 13.5. The molecule has 0 unspecified atom stereocenters. The topological polar surface area (TPSA) is 25.8 Å². The maximum absolute atomic E-state index is 5.23. The van der Waals surface area contributed by atoms with Crippen molar-refractivity contribution in [3.8, 4) is 11.4 Å². The van der Waals surface area contributed by atoms with Crippen molar-refractivity contribution in [2.45, 2.75) is 19.3 Å². The molecule has 5 aromatic rings. The van der Waals surface area contributed by atoms with Crippen molar-refractivity contribution in [3.05, 3.63) is 84.1 Å². The summed E-state index contributed by atoms with van der Waals surface area (Å²) in [7, 11) is 0. The predicted molar refractivity (Wildman–Crippen MR) is 112 cm³/mol. The number of fused-ring (bicyclic) bond motifs is 8. The molecule has 2 aromatic heterocycles. The molecule has 0 bridgehead atoms. The quantitative estimate of drug-likeness (QED) is 0.343. The van der Waals surface area contributed by atoms with Gasteiger partial charge >= 0.3 is 0 Å². The van der Waals surface area contributed by atoms with Crippen LogP contribution in [-0.4, -0.2) is 9.97 Å². The highest BCUT2D eigenvalue weighted by atomic mass is 14.8. The Balaban J connectivity index is 1.88. The minimum absolute atomic E-state index is 0.981. The molecule has 128 valence electrons. The van der Waals surface area contributed by atoms with Gasteiger partial charge in [0.1, 0.15) is 0 Å². The third-order valence-electron chi connectivity index (χ3n) is 5.84. The first-order chi connectivity index (χ1) is 13.4. The third-order valence-corrected chi connectivity index (χ3v) is 5.84. The van der Waals surface area contributed by atoms with E-state index >= 15 is 0 Å². The second-order valence-corrected chi connectivity index (χ2v) is 7.30. The lowest BCUT2D eigenvalue weighted by Crippen LogP contribution is -1.98. The van der Waals surface area contributed by atoms with Crippen molar-refractivity contribution >= 4 is 32.4 Å². The Labute approximate surface area is 157 Å². The molecule has 0 radical (unpaired) electrons. The Bertz CT molecular complexity index is 1340. The van der Waals surface area contributed by atoms with Crippen LogP contribution in [0.3, 0.4) is 0 Å². The number of hydrogen-bond donors (Lipinski definition) is 0. The van der Waals surface area contributed by atoms with Crippen LogP contribution in [0.25, 0.3) is 43.8 Å². The Kier molecular flexibility index (Phi) is 3.09. The van der Waals surface area contributed by atoms with Gasteiger partial charge in [-0.2, -0.15) is 0 Å². The first-order valence-corrected chi connectivity index (χ1v) is 9.58. The van der Waals surface area contributed by atoms with E-state index in [1.165, 1.54) is 44.5 Å². The summed E-state index contributed by atoms with van der Waals surface area (Å²) in [6.07, 6.45) is 5.26. The van der Waals surface area contributed by atoms with E-state index in [1.54, 1.807) is 0 Å². The first kappa shape index (κ1) is 14.9. The van der Waals surface area contributed by atoms with Gasteiger partial charge in [-0.25, -0.2) is 4.98 Å². The molecule has 27 heavy (non-hydrogen) atoms. The van der Waals surface area contributed by atoms with Crippen LogP contribution >= 0.6 is 0 Å². The average Bonchev–Trinajstić information content (AvgIpc) is 3.23. The molecule has 0 atom stereocenters. The van der Waals surface area contributed by atoms with Gasteiger partial charge in [0, 0.05) is 17.0 Å². The van der Waals surface area contributed by atoms with Crippen LogP contribution in [0.2, 0.25) is 0 Å². The van der Waals surface area contributed by atoms with Crippen molar-refractivity contribution in [2.75, 3.05) is 0 Å². The molecule has 1 aliphatic rings. The van der Waals surface area contributed by atoms with Crippen LogP contribution in [0.15, 0.2) is 72.9 Å². The molecule has 0 saturated carbocycles. The Morgan fingerprint density at radius 2 is 1.30 bits per heavy atom. The van der Waals surface area contributed by atoms with E-state index in [1.807, 2.05) is 18.3 Å². The van der Waals surface area contributed by atoms with Crippen LogP contribution in [0, 0.1) is 0 Å². The summed E-state index contributed by atoms with van der Waals surface area (Å²) in [6.45, 7) is 0. The van der Waals surface area contributed by atoms with Gasteiger partial charge < -0.3 is 0 Å². The van der Waals surface area contributed by atoms with Gasteiger partial charge in [-0.05, 0) is 58.7 Å². The van der Waals surface area contributed by atoms with Gasteiger partial charge in [0.05, 0.1) is 16.9 Å². The smallest absolute Gasteiger partial charge is 0.0928 e. The lowest BCUT2D eigenvalue weighted by molar-refractivity contribution is 0.913. The van der Waals surface area contributed by atoms with Gasteiger partial charge in [-0.1, -0.05) is 54.6 Å². The van der Waals surface area contributed by atoms with E-state index in [0.29, 0.717) is 0 Å². The Morgan fingerprint density at radius 3 is 2.07 bits per heavy atom. The van der Waals surface area contributed by atoms with Crippen LogP contribution < -0.4 is 0 Å². The minimum Gasteiger partial charge on any atom is -0.255 e. The van der Waals surface area contributed by atoms with Crippen molar-refractivity contribution < 1.29 is 0 Å². The second-order valence-electron chi connectivity index (χ2n) is 7.30. The van der Waals surface area contributed by atoms with Crippen molar-refractivity contribution in [2.24, 2.45) is 0 Å². The highest BCUT2D eigenvalue weighted by Crippen LogP contribution is 2.42. The van der Waals surface area contributed by atoms with E-state index in [-0.39, 0.29) is 0 Å². The zero-order valence-corrected chi connectivity index (χ0v) is 14.9. The molecule has 1 aliphatic carbocycles. The second kappa shape index (κ2) is 5.62. The molecule has 0 spiro atoms. The number of hydrogen-bond acceptors (Lipinski definition) is 2. The lowest BCUT2D eigenvalue weighted by Gasteiger charge is -2.16. The molecule has 0 aliphatic heterocycles. The largest absolute Gasteiger partial charge is 0.255 e. The zero-order valence-electron chi connectivity index (χ0n) is 14.9. The van der Waals surface area contributed by atoms with Crippen molar-refractivity contribution in [1.82, 2.24) is 9.97 Å². The summed E-state index contributed by atoms with van der Waals surface area (Å²) in [6, 6.07) is 23.5. The fraction of sp³-hybridized carbons (Fsp3) is 0.120. The number of aryl methyl sites for hydroxylation is 1. The first-order valence-electron chi connectivity index (χ1n) is 9.58. The van der Waals surface area contributed by atoms with E-state index in [0.717, 1.165) is 29.7 Å². The van der Waals surface area contributed by atoms with Crippen molar-refractivity contribution in [3.63, 3.8) is 0 Å². The summed E-state index contributed by atoms with van der Waals surface area (Å²) < 4.78 is 0. The minimum atomic E-state index is 0.981. The molecular formula is C25H18N2. The molecule has 0 amide bonds. The predicted octanol–water partition coefficient (Wildman–Crippen LogP) is 6.09. The molecule has 3 aromatic carbocycles. The van der Waals surface area contributed by atoms with E-state index in [2.05, 4.69) is 59.6 Å². The molecule has 6 rings (SSSR count). The van der Waals surface area contributed by atoms with Gasteiger partial charge in [0.15, 0.2) is 0 Å². The summed E-state index contributed by atoms with van der Waals surface area (Å²) >= 11 is 0. The zero-order chi connectivity index (χ0) is 17.8. The third kappa shape index (κ3) is 2.07. The van der Waals surface area contributed by atoms with Gasteiger partial charge in [0.2, 0.25) is 0 Å². The monoisotopic (exact) mass is 346 g/mol. The maximum Gasteiger partial charge on any atom is 0.0928 e. The lowest BCUT2D eigenvalue weighted by atomic mass is 9.92. The van der Waals surface area contributed by atoms with Crippen LogP contribution in [0.1, 0.15) is 17.5 Å². The molecule has 2 heteroatoms. The highest BCUT2D eigenvalue weighted by molar-refractivity contribution is 6.25. The SMILES string of the molecule is c1ccc(-c2nc3c4ccccc4c4ccccc4c3c3c2CCC3)nc1. The molecule has 0 saturated heterocycles. The standard InChI is InChI=1S/C25H18N2/c1-3-10-18-16(8-1)17-9-2-4-11-20(17)25-23(18)19-12-7-13-21(19)24(27-25)22-14-5-6-15-26-22/h1-6,8-11,14-15H,7,12-13H2. The number of nitrogens with zero attached hydrogens (tertiary/aromatic N) is 2. The maximum atomic E-state index is 5.23. The van der Waals surface area contributed by atoms with Crippen molar-refractivity contribution in [1.29, 1.82) is 0 Å². The molecule has 0 N–H and O–H groups in total.